The Bertz CT molecular complexity index is 927. The maximum atomic E-state index is 6.13. The Labute approximate surface area is 183 Å². The Morgan fingerprint density at radius 2 is 1.19 bits per heavy atom. The molecule has 0 spiro atoms. The largest absolute Gasteiger partial charge is 0.497 e. The second-order valence-corrected chi connectivity index (χ2v) is 7.02. The molecule has 0 unspecified atom stereocenters. The van der Waals surface area contributed by atoms with Crippen LogP contribution in [0.1, 0.15) is 16.7 Å². The molecule has 0 saturated carbocycles. The molecule has 0 aliphatic carbocycles. The molecule has 0 saturated heterocycles. The minimum Gasteiger partial charge on any atom is -0.497 e. The minimum absolute atomic E-state index is 0.433. The zero-order valence-corrected chi connectivity index (χ0v) is 18.1. The highest BCUT2D eigenvalue weighted by Gasteiger charge is 2.09. The van der Waals surface area contributed by atoms with E-state index in [0.29, 0.717) is 31.3 Å². The summed E-state index contributed by atoms with van der Waals surface area (Å²) in [5.41, 5.74) is 8.78. The Balaban J connectivity index is 1.70. The van der Waals surface area contributed by atoms with Gasteiger partial charge in [-0.2, -0.15) is 0 Å². The fraction of sp³-hybridized carbons (Fsp3) is 0.280. The van der Waals surface area contributed by atoms with Gasteiger partial charge >= 0.3 is 0 Å². The first-order valence-electron chi connectivity index (χ1n) is 10.3. The van der Waals surface area contributed by atoms with Crippen molar-refractivity contribution in [3.63, 3.8) is 0 Å². The molecule has 3 aromatic carbocycles. The molecule has 0 atom stereocenters. The average Bonchev–Trinajstić information content (AvgIpc) is 2.83. The van der Waals surface area contributed by atoms with Gasteiger partial charge in [0.15, 0.2) is 11.5 Å². The molecule has 0 amide bonds. The number of benzene rings is 3. The molecule has 31 heavy (non-hydrogen) atoms. The van der Waals surface area contributed by atoms with Gasteiger partial charge in [0, 0.05) is 19.6 Å². The summed E-state index contributed by atoms with van der Waals surface area (Å²) in [5, 5.41) is 3.31. The molecule has 164 valence electrons. The molecule has 0 radical (unpaired) electrons. The number of rotatable bonds is 12. The van der Waals surface area contributed by atoms with Crippen LogP contribution in [0.5, 0.6) is 23.0 Å². The summed E-state index contributed by atoms with van der Waals surface area (Å²) in [6, 6.07) is 21.6. The normalized spacial score (nSPS) is 10.5. The first-order chi connectivity index (χ1) is 15.2. The highest BCUT2D eigenvalue weighted by Crippen LogP contribution is 2.30. The van der Waals surface area contributed by atoms with Crippen molar-refractivity contribution in [2.75, 3.05) is 27.3 Å². The number of nitrogens with two attached hydrogens (primary N) is 1. The second-order valence-electron chi connectivity index (χ2n) is 7.02. The zero-order chi connectivity index (χ0) is 21.9. The van der Waals surface area contributed by atoms with Crippen molar-refractivity contribution in [3.8, 4) is 23.0 Å². The lowest BCUT2D eigenvalue weighted by atomic mass is 10.2. The first-order valence-corrected chi connectivity index (χ1v) is 10.3. The Morgan fingerprint density at radius 1 is 0.677 bits per heavy atom. The molecule has 0 aliphatic rings. The summed E-state index contributed by atoms with van der Waals surface area (Å²) in [5.74, 6) is 3.05. The van der Waals surface area contributed by atoms with Gasteiger partial charge in [-0.25, -0.2) is 0 Å². The molecule has 6 heteroatoms. The predicted molar refractivity (Wildman–Crippen MR) is 122 cm³/mol. The summed E-state index contributed by atoms with van der Waals surface area (Å²) < 4.78 is 22.6. The minimum atomic E-state index is 0.433. The van der Waals surface area contributed by atoms with Gasteiger partial charge in [0.05, 0.1) is 14.2 Å². The number of methoxy groups -OCH3 is 2. The molecule has 0 aliphatic heterocycles. The van der Waals surface area contributed by atoms with E-state index >= 15 is 0 Å². The molecule has 0 aromatic heterocycles. The van der Waals surface area contributed by atoms with Crippen LogP contribution in [0.3, 0.4) is 0 Å². The number of hydrogen-bond donors (Lipinski definition) is 2. The van der Waals surface area contributed by atoms with Crippen LogP contribution in [0, 0.1) is 0 Å². The van der Waals surface area contributed by atoms with Gasteiger partial charge in [0.2, 0.25) is 0 Å². The molecule has 3 aromatic rings. The van der Waals surface area contributed by atoms with Crippen LogP contribution in [0.4, 0.5) is 0 Å². The van der Waals surface area contributed by atoms with Crippen molar-refractivity contribution in [2.24, 2.45) is 5.73 Å². The zero-order valence-electron chi connectivity index (χ0n) is 18.1. The average molecular weight is 423 g/mol. The van der Waals surface area contributed by atoms with Crippen LogP contribution in [0.25, 0.3) is 0 Å². The summed E-state index contributed by atoms with van der Waals surface area (Å²) in [4.78, 5) is 0. The van der Waals surface area contributed by atoms with Crippen LogP contribution in [0.15, 0.2) is 66.7 Å². The molecule has 0 bridgehead atoms. The van der Waals surface area contributed by atoms with Gasteiger partial charge in [0.25, 0.3) is 0 Å². The summed E-state index contributed by atoms with van der Waals surface area (Å²) in [7, 11) is 3.31. The van der Waals surface area contributed by atoms with Crippen molar-refractivity contribution in [3.05, 3.63) is 83.4 Å². The van der Waals surface area contributed by atoms with E-state index in [1.54, 1.807) is 14.2 Å². The van der Waals surface area contributed by atoms with E-state index in [1.807, 2.05) is 66.7 Å². The van der Waals surface area contributed by atoms with Crippen LogP contribution in [-0.2, 0) is 19.8 Å². The lowest BCUT2D eigenvalue weighted by Crippen LogP contribution is -2.21. The molecule has 6 nitrogen and oxygen atoms in total. The van der Waals surface area contributed by atoms with Gasteiger partial charge in [-0.05, 0) is 53.1 Å². The van der Waals surface area contributed by atoms with E-state index in [1.165, 1.54) is 0 Å². The molecule has 3 rings (SSSR count). The third-order valence-electron chi connectivity index (χ3n) is 4.77. The summed E-state index contributed by atoms with van der Waals surface area (Å²) in [6.45, 7) is 2.95. The van der Waals surface area contributed by atoms with E-state index in [0.717, 1.165) is 41.3 Å². The van der Waals surface area contributed by atoms with E-state index in [-0.39, 0.29) is 0 Å². The SMILES string of the molecule is COc1ccc(COc2ccc(CNCCN)cc2OCc2ccc(OC)cc2)cc1. The fourth-order valence-electron chi connectivity index (χ4n) is 2.99. The topological polar surface area (TPSA) is 75.0 Å². The van der Waals surface area contributed by atoms with Crippen molar-refractivity contribution in [2.45, 2.75) is 19.8 Å². The third kappa shape index (κ3) is 6.91. The van der Waals surface area contributed by atoms with Crippen molar-refractivity contribution in [1.82, 2.24) is 5.32 Å². The highest BCUT2D eigenvalue weighted by atomic mass is 16.5. The van der Waals surface area contributed by atoms with Gasteiger partial charge in [-0.1, -0.05) is 30.3 Å². The van der Waals surface area contributed by atoms with Gasteiger partial charge in [-0.15, -0.1) is 0 Å². The Kier molecular flexibility index (Phi) is 8.58. The smallest absolute Gasteiger partial charge is 0.162 e. The fourth-order valence-corrected chi connectivity index (χ4v) is 2.99. The molecule has 3 N–H and O–H groups in total. The van der Waals surface area contributed by atoms with Crippen LogP contribution < -0.4 is 30.0 Å². The van der Waals surface area contributed by atoms with Gasteiger partial charge < -0.3 is 30.0 Å². The highest BCUT2D eigenvalue weighted by molar-refractivity contribution is 5.43. The van der Waals surface area contributed by atoms with Crippen molar-refractivity contribution in [1.29, 1.82) is 0 Å². The van der Waals surface area contributed by atoms with Crippen molar-refractivity contribution < 1.29 is 18.9 Å². The quantitative estimate of drug-likeness (QED) is 0.431. The summed E-state index contributed by atoms with van der Waals surface area (Å²) >= 11 is 0. The van der Waals surface area contributed by atoms with E-state index in [2.05, 4.69) is 5.32 Å². The lowest BCUT2D eigenvalue weighted by molar-refractivity contribution is 0.255. The van der Waals surface area contributed by atoms with E-state index < -0.39 is 0 Å². The molecular weight excluding hydrogens is 392 g/mol. The maximum absolute atomic E-state index is 6.13. The Morgan fingerprint density at radius 3 is 1.71 bits per heavy atom. The standard InChI is InChI=1S/C25H30N2O4/c1-28-22-8-3-19(4-9-22)17-30-24-12-7-21(16-27-14-13-26)15-25(24)31-18-20-5-10-23(29-2)11-6-20/h3-12,15,27H,13-14,16-18,26H2,1-2H3. The molecular formula is C25H30N2O4. The van der Waals surface area contributed by atoms with Gasteiger partial charge in [-0.3, -0.25) is 0 Å². The lowest BCUT2D eigenvalue weighted by Gasteiger charge is -2.15. The van der Waals surface area contributed by atoms with Crippen molar-refractivity contribution >= 4 is 0 Å². The first kappa shape index (κ1) is 22.5. The number of nitrogens with one attached hydrogen (secondary N) is 1. The summed E-state index contributed by atoms with van der Waals surface area (Å²) in [6.07, 6.45) is 0. The third-order valence-corrected chi connectivity index (χ3v) is 4.77. The van der Waals surface area contributed by atoms with E-state index in [9.17, 15) is 0 Å². The monoisotopic (exact) mass is 422 g/mol. The number of hydrogen-bond acceptors (Lipinski definition) is 6. The predicted octanol–water partition coefficient (Wildman–Crippen LogP) is 3.91. The second kappa shape index (κ2) is 11.8. The van der Waals surface area contributed by atoms with E-state index in [4.69, 9.17) is 24.7 Å². The maximum Gasteiger partial charge on any atom is 0.162 e. The van der Waals surface area contributed by atoms with Crippen LogP contribution in [0.2, 0.25) is 0 Å². The van der Waals surface area contributed by atoms with Gasteiger partial charge in [0.1, 0.15) is 24.7 Å². The van der Waals surface area contributed by atoms with Crippen LogP contribution in [-0.4, -0.2) is 27.3 Å². The molecule has 0 fully saturated rings. The Hall–Kier alpha value is -3.22. The number of ether oxygens (including phenoxy) is 4. The molecule has 0 heterocycles. The van der Waals surface area contributed by atoms with Crippen LogP contribution >= 0.6 is 0 Å².